The second kappa shape index (κ2) is 40.4. The van der Waals surface area contributed by atoms with Gasteiger partial charge in [-0.25, -0.2) is 0 Å². The SMILES string of the molecule is Cc1ccc(CCC[C@H](NC(=O)CNC(=O)c2cc(C(F)(F)F)ccc2C)C(=O)NC(C)(C)C)c(C)c1.Cc1ccc(CNC[C@H](NC(=O)CNC(=O)c2cc(N)cc(C(F)(F)F)c2)C(=O)NC(C)(C)C)c(C)c1.Cc1ccc(CNC[C@H](NC(=O)CNC(=O)c2cccc(C(F)(F)F)c2)C(=O)NC(C)(C)C)c(C)c1.[HH].[HH].[HH].[HH].[HH].[HH].[HH].[HH].[HH].[HH].[HH].[HH].[HH]. The van der Waals surface area contributed by atoms with Crippen molar-refractivity contribution in [1.29, 1.82) is 0 Å². The fraction of sp³-hybridized carbons (Fsp3) is 0.438. The number of carbonyl (C=O) groups excluding carboxylic acids is 9. The molecule has 6 rings (SSSR count). The molecule has 0 aliphatic carbocycles. The topological polar surface area (TPSA) is 312 Å². The number of anilines is 1. The van der Waals surface area contributed by atoms with Crippen molar-refractivity contribution in [2.75, 3.05) is 38.5 Å². The second-order valence-electron chi connectivity index (χ2n) is 30.0. The maximum absolute atomic E-state index is 13.0. The quantitative estimate of drug-likeness (QED) is 0.0169. The summed E-state index contributed by atoms with van der Waals surface area (Å²) < 4.78 is 117. The third kappa shape index (κ3) is 33.2. The molecule has 13 N–H and O–H groups in total. The molecule has 0 saturated carbocycles. The summed E-state index contributed by atoms with van der Waals surface area (Å²) in [6, 6.07) is 24.7. The van der Waals surface area contributed by atoms with Gasteiger partial charge in [0.15, 0.2) is 0 Å². The van der Waals surface area contributed by atoms with Crippen LogP contribution in [0.3, 0.4) is 0 Å². The van der Waals surface area contributed by atoms with E-state index in [1.165, 1.54) is 24.6 Å². The first-order chi connectivity index (χ1) is 50.8. The van der Waals surface area contributed by atoms with Gasteiger partial charge in [-0.1, -0.05) is 83.4 Å². The van der Waals surface area contributed by atoms with E-state index < -0.39 is 137 Å². The van der Waals surface area contributed by atoms with Crippen LogP contribution in [-0.2, 0) is 66.8 Å². The minimum Gasteiger partial charge on any atom is -0.399 e. The molecular weight excluding hydrogens is 1440 g/mol. The zero-order valence-electron chi connectivity index (χ0n) is 64.9. The number of hydrogen-bond donors (Lipinski definition) is 12. The van der Waals surface area contributed by atoms with Crippen LogP contribution >= 0.6 is 0 Å². The molecule has 0 aliphatic heterocycles. The first kappa shape index (κ1) is 92.0. The van der Waals surface area contributed by atoms with Gasteiger partial charge >= 0.3 is 18.5 Å². The summed E-state index contributed by atoms with van der Waals surface area (Å²) in [4.78, 5) is 113. The molecule has 3 atom stereocenters. The van der Waals surface area contributed by atoms with Gasteiger partial charge in [0.05, 0.1) is 36.3 Å². The number of nitrogens with two attached hydrogens (primary N) is 1. The Kier molecular flexibility index (Phi) is 33.8. The molecule has 626 valence electrons. The lowest BCUT2D eigenvalue weighted by Crippen LogP contribution is -2.56. The molecule has 0 aliphatic rings. The van der Waals surface area contributed by atoms with Gasteiger partial charge < -0.3 is 64.2 Å². The maximum atomic E-state index is 13.0. The van der Waals surface area contributed by atoms with Gasteiger partial charge in [0.1, 0.15) is 18.1 Å². The molecule has 110 heavy (non-hydrogen) atoms. The number of benzene rings is 6. The minimum absolute atomic E-state index is 0. The maximum Gasteiger partial charge on any atom is 0.416 e. The fourth-order valence-corrected chi connectivity index (χ4v) is 10.8. The van der Waals surface area contributed by atoms with Gasteiger partial charge in [-0.15, -0.1) is 0 Å². The van der Waals surface area contributed by atoms with Crippen molar-refractivity contribution in [1.82, 2.24) is 58.5 Å². The van der Waals surface area contributed by atoms with Gasteiger partial charge in [-0.2, -0.15) is 39.5 Å². The number of halogens is 9. The average Bonchev–Trinajstić information content (AvgIpc) is 0.805. The van der Waals surface area contributed by atoms with E-state index in [1.807, 2.05) is 119 Å². The van der Waals surface area contributed by atoms with E-state index in [2.05, 4.69) is 76.7 Å². The van der Waals surface area contributed by atoms with Crippen LogP contribution in [-0.4, -0.2) is 121 Å². The zero-order chi connectivity index (χ0) is 83.0. The summed E-state index contributed by atoms with van der Waals surface area (Å²) >= 11 is 0. The first-order valence-electron chi connectivity index (χ1n) is 35.4. The molecule has 6 aromatic rings. The molecule has 0 saturated heterocycles. The van der Waals surface area contributed by atoms with Crippen LogP contribution < -0.4 is 64.2 Å². The molecule has 0 spiro atoms. The Bertz CT molecular complexity index is 4280. The fourth-order valence-electron chi connectivity index (χ4n) is 10.8. The molecule has 21 nitrogen and oxygen atoms in total. The van der Waals surface area contributed by atoms with Crippen LogP contribution in [0, 0.1) is 48.5 Å². The Morgan fingerprint density at radius 2 is 0.764 bits per heavy atom. The number of hydrogen-bond acceptors (Lipinski definition) is 12. The number of carbonyl (C=O) groups is 9. The van der Waals surface area contributed by atoms with Crippen LogP contribution in [0.5, 0.6) is 0 Å². The van der Waals surface area contributed by atoms with Crippen molar-refractivity contribution < 1.29 is 101 Å². The number of alkyl halides is 9. The highest BCUT2D eigenvalue weighted by molar-refractivity contribution is 6.00. The Hall–Kier alpha value is -10.4. The third-order valence-corrected chi connectivity index (χ3v) is 16.2. The monoisotopic (exact) mass is 1570 g/mol. The molecule has 0 radical (unpaired) electrons. The molecule has 0 aromatic heterocycles. The molecule has 9 amide bonds. The van der Waals surface area contributed by atoms with E-state index in [0.29, 0.717) is 49.7 Å². The van der Waals surface area contributed by atoms with Gasteiger partial charge in [0.2, 0.25) is 35.4 Å². The summed E-state index contributed by atoms with van der Waals surface area (Å²) in [5, 5.41) is 29.6. The molecule has 0 bridgehead atoms. The Balaban J connectivity index is -0.000000185. The Morgan fingerprint density at radius 3 is 1.17 bits per heavy atom. The smallest absolute Gasteiger partial charge is 0.399 e. The highest BCUT2D eigenvalue weighted by Gasteiger charge is 2.35. The zero-order valence-corrected chi connectivity index (χ0v) is 64.9. The molecule has 0 unspecified atom stereocenters. The number of nitrogen functional groups attached to an aromatic ring is 1. The number of amides is 9. The standard InChI is InChI=1S/C28H36F3N3O3.C26H34F3N5O3.C26H33F3N4O3.13H2/c1-17-10-12-20(19(3)14-17)8-7-9-23(26(37)34-27(4,5)6)33-24(35)16-32-25(36)22-15-21(28(29,30)31)13-11-18(22)2;1-15-6-7-17(16(2)8-15)12-31-13-21(24(37)34-25(3,4)5)33-22(35)14-32-23(36)18-9-19(26(27,28)29)11-20(30)10-18;1-16-9-10-19(17(2)11-16)13-30-14-21(24(36)33-25(3,4)5)32-22(34)15-31-23(35)18-7-6-8-20(12-18)26(27,28)29;;;;;;;;;;;;;/h10-15,23H,7-9,16H2,1-6H3,(H,32,36)(H,33,35)(H,34,37);6-11,21,31H,12-14,30H2,1-5H3,(H,32,36)(H,33,35)(H,34,37);6-12,21,30H,13-15H2,1-5H3,(H,31,35)(H,32,34)(H,33,36);13*1H/t23-;2*21-;;;;;;;;;;;;;/m000............./s1. The van der Waals surface area contributed by atoms with Crippen molar-refractivity contribution in [3.8, 4) is 0 Å². The number of nitrogens with one attached hydrogen (secondary N) is 11. The van der Waals surface area contributed by atoms with Crippen molar-refractivity contribution in [2.45, 2.75) is 196 Å². The molecule has 6 aromatic carbocycles. The lowest BCUT2D eigenvalue weighted by atomic mass is 9.98. The Labute approximate surface area is 655 Å². The molecule has 0 heterocycles. The van der Waals surface area contributed by atoms with Crippen molar-refractivity contribution in [3.05, 3.63) is 204 Å². The highest BCUT2D eigenvalue weighted by atomic mass is 19.4. The second-order valence-corrected chi connectivity index (χ2v) is 30.0. The van der Waals surface area contributed by atoms with E-state index >= 15 is 0 Å². The van der Waals surface area contributed by atoms with Crippen molar-refractivity contribution in [2.24, 2.45) is 0 Å². The van der Waals surface area contributed by atoms with E-state index in [-0.39, 0.29) is 59.9 Å². The Morgan fingerprint density at radius 1 is 0.391 bits per heavy atom. The van der Waals surface area contributed by atoms with Crippen LogP contribution in [0.1, 0.15) is 197 Å². The van der Waals surface area contributed by atoms with E-state index in [0.717, 1.165) is 81.3 Å². The summed E-state index contributed by atoms with van der Waals surface area (Å²) in [5.41, 5.74) is 10.3. The predicted molar refractivity (Wildman–Crippen MR) is 432 cm³/mol. The number of aryl methyl sites for hydroxylation is 8. The lowest BCUT2D eigenvalue weighted by Gasteiger charge is -2.26. The van der Waals surface area contributed by atoms with Gasteiger partial charge in [0, 0.05) is 83.7 Å². The highest BCUT2D eigenvalue weighted by Crippen LogP contribution is 2.33. The van der Waals surface area contributed by atoms with Crippen molar-refractivity contribution >= 4 is 58.9 Å². The molecule has 30 heteroatoms. The minimum atomic E-state index is -4.68. The first-order valence-corrected chi connectivity index (χ1v) is 35.4. The molecular formula is C80H129F9N12O9. The van der Waals surface area contributed by atoms with Crippen LogP contribution in [0.2, 0.25) is 0 Å². The summed E-state index contributed by atoms with van der Waals surface area (Å²) in [5.74, 6) is -5.67. The van der Waals surface area contributed by atoms with E-state index in [4.69, 9.17) is 5.73 Å². The largest absolute Gasteiger partial charge is 0.416 e. The van der Waals surface area contributed by atoms with Gasteiger partial charge in [-0.3, -0.25) is 43.2 Å². The summed E-state index contributed by atoms with van der Waals surface area (Å²) in [7, 11) is 0. The average molecular weight is 1570 g/mol. The van der Waals surface area contributed by atoms with Gasteiger partial charge in [-0.05, 0) is 218 Å². The third-order valence-electron chi connectivity index (χ3n) is 16.2. The van der Waals surface area contributed by atoms with Crippen LogP contribution in [0.4, 0.5) is 45.2 Å². The molecule has 0 fully saturated rings. The number of rotatable bonds is 27. The van der Waals surface area contributed by atoms with E-state index in [9.17, 15) is 82.7 Å². The van der Waals surface area contributed by atoms with Crippen molar-refractivity contribution in [3.63, 3.8) is 0 Å². The normalized spacial score (nSPS) is 12.6. The van der Waals surface area contributed by atoms with Crippen LogP contribution in [0.25, 0.3) is 0 Å². The lowest BCUT2D eigenvalue weighted by molar-refractivity contribution is -0.138. The summed E-state index contributed by atoms with van der Waals surface area (Å²) in [6.07, 6.45) is -12.1. The van der Waals surface area contributed by atoms with Gasteiger partial charge in [0.25, 0.3) is 17.7 Å². The van der Waals surface area contributed by atoms with E-state index in [1.54, 1.807) is 20.8 Å². The van der Waals surface area contributed by atoms with Crippen LogP contribution in [0.15, 0.2) is 115 Å². The predicted octanol–water partition coefficient (Wildman–Crippen LogP) is 14.0. The summed E-state index contributed by atoms with van der Waals surface area (Å²) in [6.45, 7) is 29.5.